The lowest BCUT2D eigenvalue weighted by atomic mass is 9.83. The summed E-state index contributed by atoms with van der Waals surface area (Å²) in [6, 6.07) is 30.1. The lowest BCUT2D eigenvalue weighted by molar-refractivity contribution is 0.102. The number of benzene rings is 3. The molecule has 3 aromatic rings. The van der Waals surface area contributed by atoms with Crippen molar-refractivity contribution in [2.45, 2.75) is 19.4 Å². The molecule has 4 rings (SSSR count). The van der Waals surface area contributed by atoms with Gasteiger partial charge in [0.15, 0.2) is 5.78 Å². The molecular weight excluding hydrogens is 342 g/mol. The Labute approximate surface area is 166 Å². The van der Waals surface area contributed by atoms with Gasteiger partial charge in [-0.2, -0.15) is 0 Å². The average molecular weight is 365 g/mol. The molecule has 2 heteroatoms. The van der Waals surface area contributed by atoms with Crippen molar-refractivity contribution >= 4 is 5.78 Å². The summed E-state index contributed by atoms with van der Waals surface area (Å²) in [5.41, 5.74) is 4.94. The third-order valence-electron chi connectivity index (χ3n) is 5.23. The SMILES string of the molecule is CC1=C(C(=O)c2ccccc2)C(c2ccccc2)C=CN1Cc1ccccc1. The van der Waals surface area contributed by atoms with E-state index in [1.807, 2.05) is 66.7 Å². The molecule has 1 unspecified atom stereocenters. The molecule has 0 spiro atoms. The Kier molecular flexibility index (Phi) is 5.20. The number of hydrogen-bond acceptors (Lipinski definition) is 2. The van der Waals surface area contributed by atoms with Crippen LogP contribution in [0.2, 0.25) is 0 Å². The first-order valence-electron chi connectivity index (χ1n) is 9.58. The lowest BCUT2D eigenvalue weighted by Gasteiger charge is -2.32. The Morgan fingerprint density at radius 3 is 2.04 bits per heavy atom. The number of carbonyl (C=O) groups excluding carboxylic acids is 1. The number of carbonyl (C=O) groups is 1. The van der Waals surface area contributed by atoms with Gasteiger partial charge in [0.25, 0.3) is 0 Å². The van der Waals surface area contributed by atoms with E-state index in [1.165, 1.54) is 5.56 Å². The number of allylic oxidation sites excluding steroid dienone is 3. The third-order valence-corrected chi connectivity index (χ3v) is 5.23. The smallest absolute Gasteiger partial charge is 0.191 e. The molecule has 0 aromatic heterocycles. The molecule has 3 aromatic carbocycles. The topological polar surface area (TPSA) is 20.3 Å². The van der Waals surface area contributed by atoms with Crippen molar-refractivity contribution in [3.8, 4) is 0 Å². The highest BCUT2D eigenvalue weighted by Crippen LogP contribution is 2.36. The molecule has 2 nitrogen and oxygen atoms in total. The Bertz CT molecular complexity index is 1000. The first-order chi connectivity index (χ1) is 13.7. The van der Waals surface area contributed by atoms with Gasteiger partial charge < -0.3 is 4.90 Å². The predicted octanol–water partition coefficient (Wildman–Crippen LogP) is 5.96. The molecule has 28 heavy (non-hydrogen) atoms. The van der Waals surface area contributed by atoms with Crippen LogP contribution in [0.1, 0.15) is 34.3 Å². The van der Waals surface area contributed by atoms with Crippen LogP contribution in [0.25, 0.3) is 0 Å². The van der Waals surface area contributed by atoms with E-state index >= 15 is 0 Å². The molecular formula is C26H23NO. The van der Waals surface area contributed by atoms with Crippen LogP contribution in [0.4, 0.5) is 0 Å². The molecule has 138 valence electrons. The van der Waals surface area contributed by atoms with E-state index in [0.29, 0.717) is 0 Å². The first-order valence-corrected chi connectivity index (χ1v) is 9.58. The monoisotopic (exact) mass is 365 g/mol. The van der Waals surface area contributed by atoms with E-state index in [2.05, 4.69) is 48.4 Å². The van der Waals surface area contributed by atoms with Crippen LogP contribution in [0.5, 0.6) is 0 Å². The average Bonchev–Trinajstić information content (AvgIpc) is 2.76. The summed E-state index contributed by atoms with van der Waals surface area (Å²) < 4.78 is 0. The molecule has 1 atom stereocenters. The van der Waals surface area contributed by atoms with Gasteiger partial charge in [0.1, 0.15) is 0 Å². The molecule has 1 aliphatic rings. The lowest BCUT2D eigenvalue weighted by Crippen LogP contribution is -2.25. The third kappa shape index (κ3) is 3.67. The van der Waals surface area contributed by atoms with Gasteiger partial charge in [-0.25, -0.2) is 0 Å². The zero-order chi connectivity index (χ0) is 19.3. The Balaban J connectivity index is 1.75. The van der Waals surface area contributed by atoms with Gasteiger partial charge in [-0.3, -0.25) is 4.79 Å². The number of ketones is 1. The normalized spacial score (nSPS) is 16.3. The van der Waals surface area contributed by atoms with Crippen LogP contribution in [0.3, 0.4) is 0 Å². The highest BCUT2D eigenvalue weighted by atomic mass is 16.1. The zero-order valence-corrected chi connectivity index (χ0v) is 16.0. The molecule has 1 heterocycles. The molecule has 0 aliphatic carbocycles. The van der Waals surface area contributed by atoms with Gasteiger partial charge in [-0.05, 0) is 18.1 Å². The second-order valence-corrected chi connectivity index (χ2v) is 7.04. The van der Waals surface area contributed by atoms with E-state index < -0.39 is 0 Å². The fourth-order valence-corrected chi connectivity index (χ4v) is 3.72. The van der Waals surface area contributed by atoms with Gasteiger partial charge >= 0.3 is 0 Å². The molecule has 0 amide bonds. The molecule has 0 saturated carbocycles. The van der Waals surface area contributed by atoms with Gasteiger partial charge in [0.2, 0.25) is 0 Å². The van der Waals surface area contributed by atoms with E-state index in [9.17, 15) is 4.79 Å². The standard InChI is InChI=1S/C26H23NO/c1-20-25(26(28)23-15-9-4-10-16-23)24(22-13-7-3-8-14-22)17-18-27(20)19-21-11-5-2-6-12-21/h2-18,24H,19H2,1H3. The van der Waals surface area contributed by atoms with Crippen LogP contribution < -0.4 is 0 Å². The van der Waals surface area contributed by atoms with Crippen molar-refractivity contribution in [3.05, 3.63) is 131 Å². The van der Waals surface area contributed by atoms with Gasteiger partial charge in [-0.15, -0.1) is 0 Å². The van der Waals surface area contributed by atoms with Crippen LogP contribution in [0, 0.1) is 0 Å². The van der Waals surface area contributed by atoms with Crippen LogP contribution in [-0.2, 0) is 6.54 Å². The van der Waals surface area contributed by atoms with Crippen molar-refractivity contribution in [2.24, 2.45) is 0 Å². The summed E-state index contributed by atoms with van der Waals surface area (Å²) >= 11 is 0. The predicted molar refractivity (Wildman–Crippen MR) is 114 cm³/mol. The summed E-state index contributed by atoms with van der Waals surface area (Å²) in [5, 5.41) is 0. The number of nitrogens with zero attached hydrogens (tertiary/aromatic N) is 1. The van der Waals surface area contributed by atoms with Crippen molar-refractivity contribution in [3.63, 3.8) is 0 Å². The van der Waals surface area contributed by atoms with Crippen molar-refractivity contribution < 1.29 is 4.79 Å². The minimum Gasteiger partial charge on any atom is -0.347 e. The summed E-state index contributed by atoms with van der Waals surface area (Å²) in [6.45, 7) is 2.80. The number of hydrogen-bond donors (Lipinski definition) is 0. The summed E-state index contributed by atoms with van der Waals surface area (Å²) in [7, 11) is 0. The van der Waals surface area contributed by atoms with Gasteiger partial charge in [0, 0.05) is 35.5 Å². The molecule has 0 fully saturated rings. The van der Waals surface area contributed by atoms with E-state index in [4.69, 9.17) is 0 Å². The first kappa shape index (κ1) is 18.0. The van der Waals surface area contributed by atoms with E-state index in [0.717, 1.165) is 28.9 Å². The maximum absolute atomic E-state index is 13.5. The molecule has 1 aliphatic heterocycles. The molecule has 0 N–H and O–H groups in total. The van der Waals surface area contributed by atoms with E-state index in [-0.39, 0.29) is 11.7 Å². The fourth-order valence-electron chi connectivity index (χ4n) is 3.72. The van der Waals surface area contributed by atoms with E-state index in [1.54, 1.807) is 0 Å². The summed E-state index contributed by atoms with van der Waals surface area (Å²) in [4.78, 5) is 15.6. The molecule has 0 radical (unpaired) electrons. The Morgan fingerprint density at radius 1 is 0.821 bits per heavy atom. The Hall–Kier alpha value is -3.39. The minimum atomic E-state index is -0.0408. The second-order valence-electron chi connectivity index (χ2n) is 7.04. The zero-order valence-electron chi connectivity index (χ0n) is 16.0. The number of rotatable bonds is 5. The maximum atomic E-state index is 13.5. The minimum absolute atomic E-state index is 0.0408. The van der Waals surface area contributed by atoms with Crippen molar-refractivity contribution in [1.29, 1.82) is 0 Å². The number of Topliss-reactive ketones (excluding diaryl/α,β-unsaturated/α-hetero) is 1. The van der Waals surface area contributed by atoms with Crippen LogP contribution >= 0.6 is 0 Å². The molecule has 0 saturated heterocycles. The largest absolute Gasteiger partial charge is 0.347 e. The highest BCUT2D eigenvalue weighted by Gasteiger charge is 2.28. The van der Waals surface area contributed by atoms with Gasteiger partial charge in [0.05, 0.1) is 0 Å². The highest BCUT2D eigenvalue weighted by molar-refractivity contribution is 6.10. The van der Waals surface area contributed by atoms with Gasteiger partial charge in [-0.1, -0.05) is 97.1 Å². The summed E-state index contributed by atoms with van der Waals surface area (Å²) in [5.74, 6) is 0.0512. The fraction of sp³-hybridized carbons (Fsp3) is 0.115. The Morgan fingerprint density at radius 2 is 1.39 bits per heavy atom. The summed E-state index contributed by atoms with van der Waals surface area (Å²) in [6.07, 6.45) is 4.25. The van der Waals surface area contributed by atoms with Crippen LogP contribution in [-0.4, -0.2) is 10.7 Å². The maximum Gasteiger partial charge on any atom is 0.191 e. The van der Waals surface area contributed by atoms with Crippen molar-refractivity contribution in [1.82, 2.24) is 4.90 Å². The quantitative estimate of drug-likeness (QED) is 0.520. The molecule has 0 bridgehead atoms. The van der Waals surface area contributed by atoms with Crippen molar-refractivity contribution in [2.75, 3.05) is 0 Å². The second kappa shape index (κ2) is 8.10. The van der Waals surface area contributed by atoms with Crippen LogP contribution in [0.15, 0.2) is 115 Å².